The predicted molar refractivity (Wildman–Crippen MR) is 90.9 cm³/mol. The molecule has 3 aromatic rings. The maximum atomic E-state index is 12.3. The Morgan fingerprint density at radius 3 is 2.84 bits per heavy atom. The molecule has 1 aromatic carbocycles. The van der Waals surface area contributed by atoms with E-state index >= 15 is 0 Å². The third kappa shape index (κ3) is 3.05. The number of carbonyl (C=O) groups excluding carboxylic acids is 1. The molecular formula is C18H19N5O2. The molecule has 0 fully saturated rings. The number of aryl methyl sites for hydroxylation is 2. The van der Waals surface area contributed by atoms with Crippen LogP contribution in [0.1, 0.15) is 34.9 Å². The Kier molecular flexibility index (Phi) is 4.05. The molecule has 2 aromatic heterocycles. The zero-order chi connectivity index (χ0) is 17.2. The van der Waals surface area contributed by atoms with E-state index in [2.05, 4.69) is 25.1 Å². The fraction of sp³-hybridized carbons (Fsp3) is 0.333. The van der Waals surface area contributed by atoms with Crippen LogP contribution in [0.4, 0.5) is 0 Å². The molecule has 1 unspecified atom stereocenters. The number of hydrogen-bond acceptors (Lipinski definition) is 5. The van der Waals surface area contributed by atoms with Crippen molar-refractivity contribution in [2.24, 2.45) is 0 Å². The molecule has 1 amide bonds. The predicted octanol–water partition coefficient (Wildman–Crippen LogP) is 2.38. The van der Waals surface area contributed by atoms with Gasteiger partial charge in [-0.1, -0.05) is 30.3 Å². The van der Waals surface area contributed by atoms with Crippen LogP contribution in [-0.4, -0.2) is 31.7 Å². The number of hydrogen-bond donors (Lipinski definition) is 1. The molecule has 4 rings (SSSR count). The monoisotopic (exact) mass is 337 g/mol. The van der Waals surface area contributed by atoms with Crippen molar-refractivity contribution in [1.29, 1.82) is 0 Å². The van der Waals surface area contributed by atoms with E-state index in [0.29, 0.717) is 5.69 Å². The number of nitrogens with zero attached hydrogens (tertiary/aromatic N) is 4. The highest BCUT2D eigenvalue weighted by Gasteiger charge is 2.24. The number of rotatable bonds is 3. The van der Waals surface area contributed by atoms with Gasteiger partial charge in [0.15, 0.2) is 12.2 Å². The fourth-order valence-electron chi connectivity index (χ4n) is 3.20. The molecule has 0 aliphatic carbocycles. The molecule has 0 spiro atoms. The second kappa shape index (κ2) is 6.51. The van der Waals surface area contributed by atoms with Gasteiger partial charge in [-0.3, -0.25) is 4.79 Å². The lowest BCUT2D eigenvalue weighted by atomic mass is 10.1. The van der Waals surface area contributed by atoms with E-state index in [9.17, 15) is 4.79 Å². The van der Waals surface area contributed by atoms with E-state index < -0.39 is 0 Å². The van der Waals surface area contributed by atoms with Gasteiger partial charge < -0.3 is 14.3 Å². The highest BCUT2D eigenvalue weighted by atomic mass is 16.3. The molecule has 1 atom stereocenters. The number of amides is 1. The molecular weight excluding hydrogens is 318 g/mol. The number of carbonyl (C=O) groups is 1. The molecule has 1 aliphatic heterocycles. The van der Waals surface area contributed by atoms with E-state index in [1.54, 1.807) is 6.92 Å². The summed E-state index contributed by atoms with van der Waals surface area (Å²) in [4.78, 5) is 16.3. The van der Waals surface area contributed by atoms with Crippen LogP contribution in [0.3, 0.4) is 0 Å². The van der Waals surface area contributed by atoms with Gasteiger partial charge >= 0.3 is 0 Å². The first-order valence-electron chi connectivity index (χ1n) is 8.41. The highest BCUT2D eigenvalue weighted by Crippen LogP contribution is 2.22. The van der Waals surface area contributed by atoms with Crippen molar-refractivity contribution in [3.63, 3.8) is 0 Å². The summed E-state index contributed by atoms with van der Waals surface area (Å²) in [6.45, 7) is 2.53. The number of fused-ring (bicyclic) bond motifs is 1. The Balaban J connectivity index is 1.48. The maximum absolute atomic E-state index is 12.3. The summed E-state index contributed by atoms with van der Waals surface area (Å²) >= 11 is 0. The quantitative estimate of drug-likeness (QED) is 0.793. The summed E-state index contributed by atoms with van der Waals surface area (Å²) in [5.41, 5.74) is 1.66. The van der Waals surface area contributed by atoms with Crippen LogP contribution in [0, 0.1) is 6.92 Å². The first kappa shape index (κ1) is 15.6. The molecule has 25 heavy (non-hydrogen) atoms. The molecule has 7 heteroatoms. The number of nitrogens with one attached hydrogen (secondary N) is 1. The third-order valence-corrected chi connectivity index (χ3v) is 4.56. The first-order chi connectivity index (χ1) is 12.2. The van der Waals surface area contributed by atoms with Crippen molar-refractivity contribution in [3.8, 4) is 11.4 Å². The van der Waals surface area contributed by atoms with Crippen molar-refractivity contribution >= 4 is 5.91 Å². The lowest BCUT2D eigenvalue weighted by molar-refractivity contribution is 0.0904. The Morgan fingerprint density at radius 1 is 1.24 bits per heavy atom. The minimum Gasteiger partial charge on any atom is -0.438 e. The molecule has 0 saturated carbocycles. The standard InChI is InChI=1S/C18H19N5O2/c1-12-16(25-11-19-12)18(24)20-14-7-8-15-21-22-17(23(15)10-9-14)13-5-3-2-4-6-13/h2-6,11,14H,7-10H2,1H3,(H,20,24). The fourth-order valence-corrected chi connectivity index (χ4v) is 3.20. The summed E-state index contributed by atoms with van der Waals surface area (Å²) < 4.78 is 7.33. The van der Waals surface area contributed by atoms with Gasteiger partial charge in [-0.15, -0.1) is 10.2 Å². The van der Waals surface area contributed by atoms with Crippen LogP contribution in [0.5, 0.6) is 0 Å². The van der Waals surface area contributed by atoms with Gasteiger partial charge in [-0.25, -0.2) is 4.98 Å². The van der Waals surface area contributed by atoms with Gasteiger partial charge in [0.05, 0.1) is 5.69 Å². The van der Waals surface area contributed by atoms with Crippen molar-refractivity contribution in [2.45, 2.75) is 38.8 Å². The molecule has 0 saturated heterocycles. The smallest absolute Gasteiger partial charge is 0.289 e. The molecule has 0 radical (unpaired) electrons. The second-order valence-corrected chi connectivity index (χ2v) is 6.22. The van der Waals surface area contributed by atoms with E-state index in [-0.39, 0.29) is 17.7 Å². The Bertz CT molecular complexity index is 884. The molecule has 1 aliphatic rings. The van der Waals surface area contributed by atoms with Crippen molar-refractivity contribution in [2.75, 3.05) is 0 Å². The minimum absolute atomic E-state index is 0.0716. The van der Waals surface area contributed by atoms with E-state index in [0.717, 1.165) is 43.0 Å². The second-order valence-electron chi connectivity index (χ2n) is 6.22. The summed E-state index contributed by atoms with van der Waals surface area (Å²) in [5.74, 6) is 1.93. The normalized spacial score (nSPS) is 16.9. The van der Waals surface area contributed by atoms with Crippen LogP contribution < -0.4 is 5.32 Å². The molecule has 128 valence electrons. The van der Waals surface area contributed by atoms with Gasteiger partial charge in [0.25, 0.3) is 5.91 Å². The Morgan fingerprint density at radius 2 is 2.08 bits per heavy atom. The molecule has 0 bridgehead atoms. The molecule has 1 N–H and O–H groups in total. The lowest BCUT2D eigenvalue weighted by Gasteiger charge is -2.15. The average Bonchev–Trinajstić information content (AvgIpc) is 3.19. The summed E-state index contributed by atoms with van der Waals surface area (Å²) in [6, 6.07) is 10.1. The van der Waals surface area contributed by atoms with Crippen LogP contribution >= 0.6 is 0 Å². The summed E-state index contributed by atoms with van der Waals surface area (Å²) in [5, 5.41) is 11.7. The van der Waals surface area contributed by atoms with Crippen LogP contribution in [-0.2, 0) is 13.0 Å². The van der Waals surface area contributed by atoms with Crippen LogP contribution in [0.2, 0.25) is 0 Å². The Hall–Kier alpha value is -2.96. The third-order valence-electron chi connectivity index (χ3n) is 4.56. The number of oxazole rings is 1. The zero-order valence-electron chi connectivity index (χ0n) is 14.0. The van der Waals surface area contributed by atoms with Gasteiger partial charge in [-0.2, -0.15) is 0 Å². The topological polar surface area (TPSA) is 85.8 Å². The number of benzene rings is 1. The van der Waals surface area contributed by atoms with E-state index in [4.69, 9.17) is 4.42 Å². The summed E-state index contributed by atoms with van der Waals surface area (Å²) in [6.07, 6.45) is 3.72. The first-order valence-corrected chi connectivity index (χ1v) is 8.41. The van der Waals surface area contributed by atoms with Gasteiger partial charge in [0.2, 0.25) is 5.76 Å². The van der Waals surface area contributed by atoms with Gasteiger partial charge in [-0.05, 0) is 19.8 Å². The van der Waals surface area contributed by atoms with E-state index in [1.165, 1.54) is 6.39 Å². The molecule has 7 nitrogen and oxygen atoms in total. The highest BCUT2D eigenvalue weighted by molar-refractivity contribution is 5.92. The number of aromatic nitrogens is 4. The lowest BCUT2D eigenvalue weighted by Crippen LogP contribution is -2.35. The Labute approximate surface area is 145 Å². The SMILES string of the molecule is Cc1ncoc1C(=O)NC1CCc2nnc(-c3ccccc3)n2CC1. The van der Waals surface area contributed by atoms with Crippen molar-refractivity contribution in [3.05, 3.63) is 54.0 Å². The van der Waals surface area contributed by atoms with Crippen molar-refractivity contribution in [1.82, 2.24) is 25.1 Å². The van der Waals surface area contributed by atoms with Gasteiger partial charge in [0, 0.05) is 24.6 Å². The van der Waals surface area contributed by atoms with Crippen LogP contribution in [0.25, 0.3) is 11.4 Å². The average molecular weight is 337 g/mol. The maximum Gasteiger partial charge on any atom is 0.289 e. The molecule has 3 heterocycles. The van der Waals surface area contributed by atoms with E-state index in [1.807, 2.05) is 30.3 Å². The minimum atomic E-state index is -0.207. The van der Waals surface area contributed by atoms with Crippen LogP contribution in [0.15, 0.2) is 41.1 Å². The van der Waals surface area contributed by atoms with Gasteiger partial charge in [0.1, 0.15) is 5.82 Å². The summed E-state index contributed by atoms with van der Waals surface area (Å²) in [7, 11) is 0. The zero-order valence-corrected chi connectivity index (χ0v) is 14.0. The largest absolute Gasteiger partial charge is 0.438 e. The van der Waals surface area contributed by atoms with Crippen molar-refractivity contribution < 1.29 is 9.21 Å².